The lowest BCUT2D eigenvalue weighted by Crippen LogP contribution is -2.13. The van der Waals surface area contributed by atoms with Gasteiger partial charge in [0.05, 0.1) is 23.7 Å². The summed E-state index contributed by atoms with van der Waals surface area (Å²) in [6, 6.07) is 9.16. The molecule has 0 aliphatic rings. The van der Waals surface area contributed by atoms with Crippen molar-refractivity contribution >= 4 is 17.0 Å². The number of nitrogens with zero attached hydrogens (tertiary/aromatic N) is 1. The summed E-state index contributed by atoms with van der Waals surface area (Å²) < 4.78 is 18.9. The van der Waals surface area contributed by atoms with Gasteiger partial charge in [-0.25, -0.2) is 14.2 Å². The number of rotatable bonds is 2. The van der Waals surface area contributed by atoms with Gasteiger partial charge in [-0.2, -0.15) is 0 Å². The molecule has 0 aliphatic carbocycles. The van der Waals surface area contributed by atoms with E-state index in [0.29, 0.717) is 22.2 Å². The third-order valence-corrected chi connectivity index (χ3v) is 3.55. The summed E-state index contributed by atoms with van der Waals surface area (Å²) in [6.07, 6.45) is 0. The van der Waals surface area contributed by atoms with Crippen LogP contribution in [0.1, 0.15) is 16.1 Å². The second kappa shape index (κ2) is 5.64. The van der Waals surface area contributed by atoms with Crippen molar-refractivity contribution in [1.82, 2.24) is 9.97 Å². The molecule has 0 aliphatic heterocycles. The highest BCUT2D eigenvalue weighted by molar-refractivity contribution is 6.00. The summed E-state index contributed by atoms with van der Waals surface area (Å²) in [5, 5.41) is 0. The number of fused-ring (bicyclic) bond motifs is 1. The summed E-state index contributed by atoms with van der Waals surface area (Å²) in [5.74, 6) is -1.02. The van der Waals surface area contributed by atoms with Gasteiger partial charge in [0.15, 0.2) is 0 Å². The number of hydrogen-bond donors (Lipinski definition) is 1. The molecule has 0 atom stereocenters. The van der Waals surface area contributed by atoms with Gasteiger partial charge in [-0.3, -0.25) is 4.79 Å². The van der Waals surface area contributed by atoms with Crippen LogP contribution in [0.25, 0.3) is 22.2 Å². The highest BCUT2D eigenvalue weighted by Crippen LogP contribution is 2.30. The Morgan fingerprint density at radius 1 is 1.22 bits per heavy atom. The summed E-state index contributed by atoms with van der Waals surface area (Å²) in [4.78, 5) is 30.6. The molecular weight excluding hydrogens is 299 g/mol. The molecule has 1 N–H and O–H groups in total. The van der Waals surface area contributed by atoms with Crippen LogP contribution in [-0.2, 0) is 4.74 Å². The first-order chi connectivity index (χ1) is 11.0. The quantitative estimate of drug-likeness (QED) is 0.739. The Morgan fingerprint density at radius 3 is 2.65 bits per heavy atom. The maximum Gasteiger partial charge on any atom is 0.337 e. The van der Waals surface area contributed by atoms with Crippen LogP contribution in [0.3, 0.4) is 0 Å². The van der Waals surface area contributed by atoms with Crippen LogP contribution in [0.4, 0.5) is 4.39 Å². The molecule has 116 valence electrons. The van der Waals surface area contributed by atoms with E-state index in [4.69, 9.17) is 4.74 Å². The van der Waals surface area contributed by atoms with Crippen molar-refractivity contribution in [1.29, 1.82) is 0 Å². The minimum Gasteiger partial charge on any atom is -0.465 e. The zero-order valence-corrected chi connectivity index (χ0v) is 12.5. The van der Waals surface area contributed by atoms with Gasteiger partial charge in [0.1, 0.15) is 11.5 Å². The highest BCUT2D eigenvalue weighted by atomic mass is 19.1. The zero-order valence-electron chi connectivity index (χ0n) is 12.5. The standard InChI is InChI=1S/C17H13FN2O3/c1-9-16(21)20-14-8-10(17(22)23-2)7-12(15(14)19-9)11-5-3-4-6-13(11)18/h3-8H,1-2H3,(H,20,21). The molecule has 5 nitrogen and oxygen atoms in total. The number of ether oxygens (including phenoxy) is 1. The van der Waals surface area contributed by atoms with Crippen LogP contribution in [0.5, 0.6) is 0 Å². The number of carbonyl (C=O) groups excluding carboxylic acids is 1. The van der Waals surface area contributed by atoms with E-state index in [2.05, 4.69) is 9.97 Å². The molecule has 3 rings (SSSR count). The second-order valence-corrected chi connectivity index (χ2v) is 5.04. The summed E-state index contributed by atoms with van der Waals surface area (Å²) in [7, 11) is 1.26. The Balaban J connectivity index is 2.42. The first kappa shape index (κ1) is 14.9. The number of esters is 1. The largest absolute Gasteiger partial charge is 0.465 e. The van der Waals surface area contributed by atoms with Crippen LogP contribution in [0, 0.1) is 12.7 Å². The van der Waals surface area contributed by atoms with Crippen molar-refractivity contribution in [3.8, 4) is 11.1 Å². The molecule has 23 heavy (non-hydrogen) atoms. The van der Waals surface area contributed by atoms with Crippen molar-refractivity contribution in [2.45, 2.75) is 6.92 Å². The fraction of sp³-hybridized carbons (Fsp3) is 0.118. The molecule has 0 unspecified atom stereocenters. The Kier molecular flexibility index (Phi) is 3.65. The van der Waals surface area contributed by atoms with E-state index in [1.165, 1.54) is 25.3 Å². The van der Waals surface area contributed by atoms with Crippen LogP contribution in [-0.4, -0.2) is 23.0 Å². The fourth-order valence-corrected chi connectivity index (χ4v) is 2.40. The molecule has 3 aromatic rings. The van der Waals surface area contributed by atoms with E-state index in [9.17, 15) is 14.0 Å². The summed E-state index contributed by atoms with van der Waals surface area (Å²) >= 11 is 0. The van der Waals surface area contributed by atoms with Gasteiger partial charge >= 0.3 is 5.97 Å². The number of methoxy groups -OCH3 is 1. The monoisotopic (exact) mass is 312 g/mol. The molecule has 0 spiro atoms. The Bertz CT molecular complexity index is 979. The molecular formula is C17H13FN2O3. The van der Waals surface area contributed by atoms with E-state index in [0.717, 1.165) is 0 Å². The van der Waals surface area contributed by atoms with E-state index in [-0.39, 0.29) is 16.8 Å². The number of benzene rings is 2. The molecule has 0 saturated carbocycles. The molecule has 0 amide bonds. The van der Waals surface area contributed by atoms with Gasteiger partial charge in [-0.1, -0.05) is 18.2 Å². The lowest BCUT2D eigenvalue weighted by Gasteiger charge is -2.10. The van der Waals surface area contributed by atoms with Gasteiger partial charge in [-0.15, -0.1) is 0 Å². The van der Waals surface area contributed by atoms with Crippen molar-refractivity contribution in [2.75, 3.05) is 7.11 Å². The Hall–Kier alpha value is -3.02. The van der Waals surface area contributed by atoms with Crippen molar-refractivity contribution in [3.05, 3.63) is 63.8 Å². The number of halogens is 1. The Labute approximate surface area is 130 Å². The van der Waals surface area contributed by atoms with Crippen LogP contribution in [0.2, 0.25) is 0 Å². The molecule has 0 radical (unpaired) electrons. The lowest BCUT2D eigenvalue weighted by molar-refractivity contribution is 0.0601. The lowest BCUT2D eigenvalue weighted by atomic mass is 10.00. The molecule has 0 bridgehead atoms. The molecule has 0 fully saturated rings. The zero-order chi connectivity index (χ0) is 16.6. The molecule has 6 heteroatoms. The van der Waals surface area contributed by atoms with Crippen molar-refractivity contribution in [3.63, 3.8) is 0 Å². The third kappa shape index (κ3) is 2.59. The fourth-order valence-electron chi connectivity index (χ4n) is 2.40. The predicted molar refractivity (Wildman–Crippen MR) is 83.8 cm³/mol. The van der Waals surface area contributed by atoms with Crippen molar-refractivity contribution < 1.29 is 13.9 Å². The predicted octanol–water partition coefficient (Wildman–Crippen LogP) is 2.82. The van der Waals surface area contributed by atoms with Crippen LogP contribution in [0.15, 0.2) is 41.2 Å². The van der Waals surface area contributed by atoms with E-state index in [1.54, 1.807) is 25.1 Å². The van der Waals surface area contributed by atoms with Gasteiger partial charge in [0.25, 0.3) is 5.56 Å². The Morgan fingerprint density at radius 2 is 1.96 bits per heavy atom. The minimum atomic E-state index is -0.578. The summed E-state index contributed by atoms with van der Waals surface area (Å²) in [6.45, 7) is 1.57. The number of H-pyrrole nitrogens is 1. The molecule has 1 heterocycles. The molecule has 0 saturated heterocycles. The van der Waals surface area contributed by atoms with Gasteiger partial charge < -0.3 is 9.72 Å². The van der Waals surface area contributed by atoms with E-state index in [1.807, 2.05) is 0 Å². The first-order valence-electron chi connectivity index (χ1n) is 6.89. The van der Waals surface area contributed by atoms with Crippen LogP contribution >= 0.6 is 0 Å². The second-order valence-electron chi connectivity index (χ2n) is 5.04. The average Bonchev–Trinajstić information content (AvgIpc) is 2.55. The topological polar surface area (TPSA) is 72.0 Å². The van der Waals surface area contributed by atoms with Gasteiger partial charge in [0.2, 0.25) is 0 Å². The normalized spacial score (nSPS) is 10.7. The number of hydrogen-bond acceptors (Lipinski definition) is 4. The first-order valence-corrected chi connectivity index (χ1v) is 6.89. The van der Waals surface area contributed by atoms with Gasteiger partial charge in [0, 0.05) is 11.1 Å². The smallest absolute Gasteiger partial charge is 0.337 e. The average molecular weight is 312 g/mol. The number of aryl methyl sites for hydroxylation is 1. The third-order valence-electron chi connectivity index (χ3n) is 3.55. The number of aromatic nitrogens is 2. The number of aromatic amines is 1. The SMILES string of the molecule is COC(=O)c1cc(-c2ccccc2F)c2nc(C)c(=O)[nH]c2c1. The van der Waals surface area contributed by atoms with Crippen LogP contribution < -0.4 is 5.56 Å². The molecule has 1 aromatic heterocycles. The van der Waals surface area contributed by atoms with E-state index >= 15 is 0 Å². The number of nitrogens with one attached hydrogen (secondary N) is 1. The highest BCUT2D eigenvalue weighted by Gasteiger charge is 2.16. The minimum absolute atomic E-state index is 0.208. The van der Waals surface area contributed by atoms with Crippen molar-refractivity contribution in [2.24, 2.45) is 0 Å². The van der Waals surface area contributed by atoms with Gasteiger partial charge in [-0.05, 0) is 25.1 Å². The number of carbonyl (C=O) groups is 1. The summed E-state index contributed by atoms with van der Waals surface area (Å²) in [5.41, 5.74) is 1.59. The molecule has 2 aromatic carbocycles. The van der Waals surface area contributed by atoms with E-state index < -0.39 is 11.8 Å². The maximum atomic E-state index is 14.2. The maximum absolute atomic E-state index is 14.2.